The van der Waals surface area contributed by atoms with Gasteiger partial charge in [-0.15, -0.1) is 0 Å². The van der Waals surface area contributed by atoms with E-state index in [0.717, 1.165) is 15.9 Å². The van der Waals surface area contributed by atoms with Crippen LogP contribution in [0.2, 0.25) is 0 Å². The van der Waals surface area contributed by atoms with Crippen molar-refractivity contribution >= 4 is 21.7 Å². The number of ether oxygens (including phenoxy) is 1. The van der Waals surface area contributed by atoms with Gasteiger partial charge in [-0.05, 0) is 43.7 Å². The second kappa shape index (κ2) is 9.89. The first-order valence-electron chi connectivity index (χ1n) is 8.86. The molecule has 0 radical (unpaired) electrons. The number of hydrogen-bond donors (Lipinski definition) is 1. The maximum atomic E-state index is 14.4. The minimum absolute atomic E-state index is 0.00697. The van der Waals surface area contributed by atoms with Crippen molar-refractivity contribution < 1.29 is 27.4 Å². The number of carboxylic acid groups (broad SMARTS) is 1. The molecule has 0 fully saturated rings. The zero-order valence-electron chi connectivity index (χ0n) is 15.8. The van der Waals surface area contributed by atoms with Crippen LogP contribution < -0.4 is 9.04 Å². The molecule has 29 heavy (non-hydrogen) atoms. The topological polar surface area (TPSA) is 108 Å². The van der Waals surface area contributed by atoms with E-state index < -0.39 is 21.8 Å². The summed E-state index contributed by atoms with van der Waals surface area (Å²) in [7, 11) is -4.11. The number of sulfonamides is 1. The lowest BCUT2D eigenvalue weighted by Crippen LogP contribution is -2.32. The van der Waals surface area contributed by atoms with Crippen molar-refractivity contribution in [3.8, 4) is 11.8 Å². The molecule has 2 aromatic rings. The predicted molar refractivity (Wildman–Crippen MR) is 105 cm³/mol. The van der Waals surface area contributed by atoms with Crippen LogP contribution in [0.1, 0.15) is 24.8 Å². The van der Waals surface area contributed by atoms with Crippen LogP contribution in [0.25, 0.3) is 0 Å². The van der Waals surface area contributed by atoms with E-state index in [-0.39, 0.29) is 43.1 Å². The number of anilines is 1. The summed E-state index contributed by atoms with van der Waals surface area (Å²) in [4.78, 5) is 10.2. The zero-order valence-corrected chi connectivity index (χ0v) is 16.7. The van der Waals surface area contributed by atoms with Gasteiger partial charge in [-0.2, -0.15) is 5.26 Å². The average molecular weight is 420 g/mol. The van der Waals surface area contributed by atoms with Crippen LogP contribution in [0, 0.1) is 24.1 Å². The van der Waals surface area contributed by atoms with Crippen LogP contribution in [-0.2, 0) is 14.8 Å². The number of benzene rings is 2. The largest absolute Gasteiger partial charge is 0.491 e. The van der Waals surface area contributed by atoms with E-state index >= 15 is 0 Å². The fourth-order valence-corrected chi connectivity index (χ4v) is 4.02. The number of aryl methyl sites for hydroxylation is 1. The molecule has 0 saturated carbocycles. The maximum absolute atomic E-state index is 14.4. The summed E-state index contributed by atoms with van der Waals surface area (Å²) in [5.41, 5.74) is 1.32. The van der Waals surface area contributed by atoms with Gasteiger partial charge in [0, 0.05) is 13.0 Å². The van der Waals surface area contributed by atoms with Crippen molar-refractivity contribution in [2.75, 3.05) is 17.5 Å². The fourth-order valence-electron chi connectivity index (χ4n) is 2.54. The van der Waals surface area contributed by atoms with Crippen molar-refractivity contribution in [3.63, 3.8) is 0 Å². The number of nitrogens with zero attached hydrogens (tertiary/aromatic N) is 2. The van der Waals surface area contributed by atoms with E-state index in [2.05, 4.69) is 0 Å². The first kappa shape index (κ1) is 22.2. The summed E-state index contributed by atoms with van der Waals surface area (Å²) in [6.07, 6.45) is 0.0586. The Kier molecular flexibility index (Phi) is 7.56. The van der Waals surface area contributed by atoms with Crippen molar-refractivity contribution in [1.29, 1.82) is 5.26 Å². The van der Waals surface area contributed by atoms with E-state index in [9.17, 15) is 17.6 Å². The molecule has 2 rings (SSSR count). The van der Waals surface area contributed by atoms with E-state index in [1.54, 1.807) is 24.3 Å². The van der Waals surface area contributed by atoms with Gasteiger partial charge in [0.25, 0.3) is 10.0 Å². The van der Waals surface area contributed by atoms with Gasteiger partial charge < -0.3 is 9.84 Å². The highest BCUT2D eigenvalue weighted by Gasteiger charge is 2.26. The number of carbonyl (C=O) groups is 1. The molecule has 0 atom stereocenters. The molecule has 0 spiro atoms. The number of halogens is 1. The number of aliphatic carboxylic acids is 1. The van der Waals surface area contributed by atoms with Gasteiger partial charge in [0.2, 0.25) is 0 Å². The third-order valence-corrected chi connectivity index (χ3v) is 5.86. The molecule has 0 heterocycles. The summed E-state index contributed by atoms with van der Waals surface area (Å²) < 4.78 is 46.7. The van der Waals surface area contributed by atoms with Gasteiger partial charge in [0.1, 0.15) is 0 Å². The fraction of sp³-hybridized carbons (Fsp3) is 0.300. The van der Waals surface area contributed by atoms with E-state index in [1.807, 2.05) is 13.0 Å². The molecule has 0 unspecified atom stereocenters. The van der Waals surface area contributed by atoms with E-state index in [1.165, 1.54) is 12.1 Å². The van der Waals surface area contributed by atoms with Gasteiger partial charge in [0.15, 0.2) is 11.6 Å². The van der Waals surface area contributed by atoms with Crippen LogP contribution in [0.3, 0.4) is 0 Å². The van der Waals surface area contributed by atoms with Crippen LogP contribution in [0.15, 0.2) is 47.4 Å². The molecule has 0 aliphatic rings. The molecular formula is C20H21FN2O5S. The molecule has 0 bridgehead atoms. The highest BCUT2D eigenvalue weighted by atomic mass is 32.2. The third kappa shape index (κ3) is 5.93. The molecule has 2 aromatic carbocycles. The van der Waals surface area contributed by atoms with Crippen LogP contribution in [0.4, 0.5) is 10.1 Å². The second-order valence-corrected chi connectivity index (χ2v) is 8.12. The molecule has 0 aromatic heterocycles. The zero-order chi connectivity index (χ0) is 21.4. The third-order valence-electron chi connectivity index (χ3n) is 4.03. The lowest BCUT2D eigenvalue weighted by Gasteiger charge is -2.24. The van der Waals surface area contributed by atoms with Crippen molar-refractivity contribution in [2.24, 2.45) is 0 Å². The Morgan fingerprint density at radius 3 is 2.52 bits per heavy atom. The summed E-state index contributed by atoms with van der Waals surface area (Å²) in [5, 5.41) is 17.5. The summed E-state index contributed by atoms with van der Waals surface area (Å²) >= 11 is 0. The monoisotopic (exact) mass is 420 g/mol. The number of carboxylic acids is 1. The molecule has 1 N–H and O–H groups in total. The second-order valence-electron chi connectivity index (χ2n) is 6.26. The summed E-state index contributed by atoms with van der Waals surface area (Å²) in [5.74, 6) is -2.01. The Morgan fingerprint density at radius 1 is 1.24 bits per heavy atom. The summed E-state index contributed by atoms with van der Waals surface area (Å²) in [6, 6.07) is 11.9. The molecule has 7 nitrogen and oxygen atoms in total. The molecule has 154 valence electrons. The predicted octanol–water partition coefficient (Wildman–Crippen LogP) is 3.49. The van der Waals surface area contributed by atoms with Gasteiger partial charge in [-0.25, -0.2) is 12.8 Å². The Morgan fingerprint density at radius 2 is 1.93 bits per heavy atom. The lowest BCUT2D eigenvalue weighted by atomic mass is 10.2. The van der Waals surface area contributed by atoms with Gasteiger partial charge in [-0.1, -0.05) is 17.7 Å². The highest BCUT2D eigenvalue weighted by Crippen LogP contribution is 2.27. The Hall–Kier alpha value is -3.12. The van der Waals surface area contributed by atoms with Crippen molar-refractivity contribution in [2.45, 2.75) is 31.1 Å². The molecule has 9 heteroatoms. The van der Waals surface area contributed by atoms with Crippen LogP contribution >= 0.6 is 0 Å². The molecule has 0 aliphatic heterocycles. The highest BCUT2D eigenvalue weighted by molar-refractivity contribution is 7.92. The van der Waals surface area contributed by atoms with Crippen molar-refractivity contribution in [1.82, 2.24) is 0 Å². The Labute approximate surface area is 169 Å². The Bertz CT molecular complexity index is 1000. The maximum Gasteiger partial charge on any atom is 0.303 e. The number of rotatable bonds is 10. The van der Waals surface area contributed by atoms with E-state index in [0.29, 0.717) is 5.69 Å². The van der Waals surface area contributed by atoms with Crippen LogP contribution in [0.5, 0.6) is 5.75 Å². The molecule has 0 amide bonds. The van der Waals surface area contributed by atoms with Gasteiger partial charge in [-0.3, -0.25) is 9.10 Å². The Balaban J connectivity index is 2.26. The minimum Gasteiger partial charge on any atom is -0.491 e. The normalized spacial score (nSPS) is 10.9. The first-order valence-corrected chi connectivity index (χ1v) is 10.3. The minimum atomic E-state index is -4.11. The molecule has 0 saturated heterocycles. The molecular weight excluding hydrogens is 399 g/mol. The van der Waals surface area contributed by atoms with E-state index in [4.69, 9.17) is 15.1 Å². The number of nitriles is 1. The standard InChI is InChI=1S/C20H21FN2O5S/c1-15-5-7-16(8-6-15)23(12-3-11-22)29(26,27)17-9-10-19(18(21)14-17)28-13-2-4-20(24)25/h5-10,14H,2-4,12-13H2,1H3,(H,24,25). The first-order chi connectivity index (χ1) is 13.8. The molecule has 0 aliphatic carbocycles. The van der Waals surface area contributed by atoms with Crippen molar-refractivity contribution in [3.05, 3.63) is 53.8 Å². The van der Waals surface area contributed by atoms with Crippen LogP contribution in [-0.4, -0.2) is 32.6 Å². The quantitative estimate of drug-likeness (QED) is 0.590. The van der Waals surface area contributed by atoms with Gasteiger partial charge >= 0.3 is 5.97 Å². The number of hydrogen-bond acceptors (Lipinski definition) is 5. The smallest absolute Gasteiger partial charge is 0.303 e. The summed E-state index contributed by atoms with van der Waals surface area (Å²) in [6.45, 7) is 1.78. The average Bonchev–Trinajstić information content (AvgIpc) is 2.67. The van der Waals surface area contributed by atoms with Gasteiger partial charge in [0.05, 0.1) is 29.7 Å². The SMILES string of the molecule is Cc1ccc(N(CCC#N)S(=O)(=O)c2ccc(OCCCC(=O)O)c(F)c2)cc1. The lowest BCUT2D eigenvalue weighted by molar-refractivity contribution is -0.137.